The van der Waals surface area contributed by atoms with E-state index in [0.717, 1.165) is 30.2 Å². The normalized spacial score (nSPS) is 10.8. The molecule has 2 aromatic rings. The highest BCUT2D eigenvalue weighted by Gasteiger charge is 2.11. The SMILES string of the molecule is CCNCc1c(Cl)cccc1N(C)Cc1csc(Br)c1. The number of thiophene rings is 1. The van der Waals surface area contributed by atoms with Crippen molar-refractivity contribution < 1.29 is 0 Å². The lowest BCUT2D eigenvalue weighted by molar-refractivity contribution is 0.723. The zero-order valence-electron chi connectivity index (χ0n) is 11.6. The molecule has 20 heavy (non-hydrogen) atoms. The highest BCUT2D eigenvalue weighted by molar-refractivity contribution is 9.11. The molecule has 0 atom stereocenters. The van der Waals surface area contributed by atoms with Gasteiger partial charge in [-0.2, -0.15) is 0 Å². The van der Waals surface area contributed by atoms with Crippen LogP contribution in [0.1, 0.15) is 18.1 Å². The first-order valence-electron chi connectivity index (χ1n) is 6.54. The molecule has 0 aliphatic heterocycles. The van der Waals surface area contributed by atoms with Gasteiger partial charge >= 0.3 is 0 Å². The van der Waals surface area contributed by atoms with Crippen molar-refractivity contribution in [3.8, 4) is 0 Å². The lowest BCUT2D eigenvalue weighted by Gasteiger charge is -2.23. The standard InChI is InChI=1S/C15H18BrClN2S/c1-3-18-8-12-13(17)5-4-6-14(12)19(2)9-11-7-15(16)20-10-11/h4-7,10,18H,3,8-9H2,1-2H3. The first kappa shape index (κ1) is 15.8. The van der Waals surface area contributed by atoms with Gasteiger partial charge in [0.2, 0.25) is 0 Å². The summed E-state index contributed by atoms with van der Waals surface area (Å²) in [5, 5.41) is 6.35. The number of hydrogen-bond donors (Lipinski definition) is 1. The molecule has 0 saturated carbocycles. The van der Waals surface area contributed by atoms with Crippen LogP contribution in [0.2, 0.25) is 5.02 Å². The molecule has 108 valence electrons. The number of anilines is 1. The summed E-state index contributed by atoms with van der Waals surface area (Å²) < 4.78 is 1.17. The Balaban J connectivity index is 2.20. The van der Waals surface area contributed by atoms with Crippen molar-refractivity contribution in [1.29, 1.82) is 0 Å². The predicted molar refractivity (Wildman–Crippen MR) is 93.0 cm³/mol. The maximum absolute atomic E-state index is 6.34. The zero-order chi connectivity index (χ0) is 14.5. The molecule has 0 radical (unpaired) electrons. The van der Waals surface area contributed by atoms with E-state index in [1.165, 1.54) is 15.0 Å². The number of halogens is 2. The Morgan fingerprint density at radius 3 is 2.85 bits per heavy atom. The third kappa shape index (κ3) is 3.98. The lowest BCUT2D eigenvalue weighted by atomic mass is 10.1. The monoisotopic (exact) mass is 372 g/mol. The number of hydrogen-bond acceptors (Lipinski definition) is 3. The van der Waals surface area contributed by atoms with Crippen LogP contribution >= 0.6 is 38.9 Å². The molecule has 0 spiro atoms. The fraction of sp³-hybridized carbons (Fsp3) is 0.333. The number of benzene rings is 1. The van der Waals surface area contributed by atoms with Crippen LogP contribution in [-0.4, -0.2) is 13.6 Å². The van der Waals surface area contributed by atoms with E-state index in [-0.39, 0.29) is 0 Å². The van der Waals surface area contributed by atoms with Crippen LogP contribution in [0.25, 0.3) is 0 Å². The molecular weight excluding hydrogens is 356 g/mol. The molecule has 0 aliphatic rings. The van der Waals surface area contributed by atoms with Gasteiger partial charge in [0.25, 0.3) is 0 Å². The van der Waals surface area contributed by atoms with Gasteiger partial charge in [0, 0.05) is 36.4 Å². The van der Waals surface area contributed by atoms with Gasteiger partial charge in [0.1, 0.15) is 0 Å². The van der Waals surface area contributed by atoms with E-state index in [1.807, 2.05) is 12.1 Å². The summed E-state index contributed by atoms with van der Waals surface area (Å²) in [6.45, 7) is 4.71. The van der Waals surface area contributed by atoms with Crippen LogP contribution < -0.4 is 10.2 Å². The van der Waals surface area contributed by atoms with Crippen molar-refractivity contribution in [2.45, 2.75) is 20.0 Å². The van der Waals surface area contributed by atoms with Crippen LogP contribution in [0.4, 0.5) is 5.69 Å². The molecule has 0 bridgehead atoms. The van der Waals surface area contributed by atoms with Crippen LogP contribution in [0.15, 0.2) is 33.4 Å². The molecule has 2 nitrogen and oxygen atoms in total. The van der Waals surface area contributed by atoms with Crippen molar-refractivity contribution in [2.75, 3.05) is 18.5 Å². The van der Waals surface area contributed by atoms with Crippen molar-refractivity contribution in [3.05, 3.63) is 49.6 Å². The maximum Gasteiger partial charge on any atom is 0.0701 e. The van der Waals surface area contributed by atoms with E-state index < -0.39 is 0 Å². The second-order valence-electron chi connectivity index (χ2n) is 4.63. The quantitative estimate of drug-likeness (QED) is 0.774. The third-order valence-corrected chi connectivity index (χ3v) is 5.01. The molecule has 0 amide bonds. The second kappa shape index (κ2) is 7.46. The third-order valence-electron chi connectivity index (χ3n) is 3.10. The van der Waals surface area contributed by atoms with Crippen LogP contribution in [0, 0.1) is 0 Å². The van der Waals surface area contributed by atoms with E-state index in [2.05, 4.69) is 57.6 Å². The molecular formula is C15H18BrClN2S. The van der Waals surface area contributed by atoms with Gasteiger partial charge in [-0.1, -0.05) is 24.6 Å². The summed E-state index contributed by atoms with van der Waals surface area (Å²) in [5.41, 5.74) is 3.65. The van der Waals surface area contributed by atoms with E-state index in [1.54, 1.807) is 11.3 Å². The Labute approximate surface area is 137 Å². The maximum atomic E-state index is 6.34. The first-order chi connectivity index (χ1) is 9.61. The summed E-state index contributed by atoms with van der Waals surface area (Å²) in [6, 6.07) is 8.25. The van der Waals surface area contributed by atoms with E-state index in [0.29, 0.717) is 0 Å². The smallest absolute Gasteiger partial charge is 0.0701 e. The van der Waals surface area contributed by atoms with E-state index >= 15 is 0 Å². The molecule has 1 aromatic heterocycles. The molecule has 0 unspecified atom stereocenters. The van der Waals surface area contributed by atoms with Crippen molar-refractivity contribution in [2.24, 2.45) is 0 Å². The second-order valence-corrected chi connectivity index (χ2v) is 7.33. The summed E-state index contributed by atoms with van der Waals surface area (Å²) >= 11 is 11.6. The van der Waals surface area contributed by atoms with Gasteiger partial charge < -0.3 is 10.2 Å². The van der Waals surface area contributed by atoms with Gasteiger partial charge in [-0.15, -0.1) is 11.3 Å². The first-order valence-corrected chi connectivity index (χ1v) is 8.59. The van der Waals surface area contributed by atoms with Crippen molar-refractivity contribution in [1.82, 2.24) is 5.32 Å². The molecule has 1 heterocycles. The van der Waals surface area contributed by atoms with Crippen LogP contribution in [0.5, 0.6) is 0 Å². The van der Waals surface area contributed by atoms with Crippen LogP contribution in [0.3, 0.4) is 0 Å². The predicted octanol–water partition coefficient (Wildman–Crippen LogP) is 4.91. The molecule has 1 aromatic carbocycles. The topological polar surface area (TPSA) is 15.3 Å². The Hall–Kier alpha value is -0.550. The molecule has 0 aliphatic carbocycles. The Kier molecular flexibility index (Phi) is 5.90. The average molecular weight is 374 g/mol. The number of nitrogens with one attached hydrogen (secondary N) is 1. The van der Waals surface area contributed by atoms with Gasteiger partial charge in [-0.3, -0.25) is 0 Å². The molecule has 2 rings (SSSR count). The van der Waals surface area contributed by atoms with Gasteiger partial charge in [-0.25, -0.2) is 0 Å². The average Bonchev–Trinajstić information content (AvgIpc) is 2.82. The Bertz CT molecular complexity index is 571. The molecule has 5 heteroatoms. The summed E-state index contributed by atoms with van der Waals surface area (Å²) in [5.74, 6) is 0. The highest BCUT2D eigenvalue weighted by Crippen LogP contribution is 2.29. The number of nitrogens with zero attached hydrogens (tertiary/aromatic N) is 1. The summed E-state index contributed by atoms with van der Waals surface area (Å²) in [6.07, 6.45) is 0. The lowest BCUT2D eigenvalue weighted by Crippen LogP contribution is -2.20. The Morgan fingerprint density at radius 1 is 1.40 bits per heavy atom. The molecule has 0 saturated heterocycles. The minimum atomic E-state index is 0.795. The summed E-state index contributed by atoms with van der Waals surface area (Å²) in [7, 11) is 2.10. The fourth-order valence-corrected chi connectivity index (χ4v) is 3.55. The largest absolute Gasteiger partial charge is 0.370 e. The molecule has 0 fully saturated rings. The minimum Gasteiger partial charge on any atom is -0.370 e. The minimum absolute atomic E-state index is 0.795. The zero-order valence-corrected chi connectivity index (χ0v) is 14.8. The summed E-state index contributed by atoms with van der Waals surface area (Å²) in [4.78, 5) is 2.24. The number of rotatable bonds is 6. The fourth-order valence-electron chi connectivity index (χ4n) is 2.12. The van der Waals surface area contributed by atoms with Gasteiger partial charge in [0.15, 0.2) is 0 Å². The van der Waals surface area contributed by atoms with E-state index in [4.69, 9.17) is 11.6 Å². The highest BCUT2D eigenvalue weighted by atomic mass is 79.9. The molecule has 1 N–H and O–H groups in total. The van der Waals surface area contributed by atoms with Gasteiger partial charge in [-0.05, 0) is 51.6 Å². The van der Waals surface area contributed by atoms with E-state index in [9.17, 15) is 0 Å². The van der Waals surface area contributed by atoms with Crippen LogP contribution in [-0.2, 0) is 13.1 Å². The van der Waals surface area contributed by atoms with Crippen molar-refractivity contribution >= 4 is 44.6 Å². The van der Waals surface area contributed by atoms with Gasteiger partial charge in [0.05, 0.1) is 3.79 Å². The Morgan fingerprint density at radius 2 is 2.20 bits per heavy atom. The van der Waals surface area contributed by atoms with Crippen molar-refractivity contribution in [3.63, 3.8) is 0 Å².